The number of aryl methyl sites for hydroxylation is 1. The maximum Gasteiger partial charge on any atom is 0.170 e. The van der Waals surface area contributed by atoms with Crippen LogP contribution in [-0.4, -0.2) is 54.3 Å². The second kappa shape index (κ2) is 9.72. The van der Waals surface area contributed by atoms with Crippen LogP contribution in [0.5, 0.6) is 0 Å². The summed E-state index contributed by atoms with van der Waals surface area (Å²) in [5.41, 5.74) is 3.34. The van der Waals surface area contributed by atoms with Crippen LogP contribution in [0.15, 0.2) is 24.3 Å². The first-order valence-electron chi connectivity index (χ1n) is 11.1. The summed E-state index contributed by atoms with van der Waals surface area (Å²) in [6.07, 6.45) is 7.90. The molecule has 0 unspecified atom stereocenters. The molecule has 156 valence electrons. The summed E-state index contributed by atoms with van der Waals surface area (Å²) >= 11 is 5.50. The van der Waals surface area contributed by atoms with E-state index < -0.39 is 0 Å². The lowest BCUT2D eigenvalue weighted by molar-refractivity contribution is 0.232. The number of nitrogens with one attached hydrogen (secondary N) is 2. The minimum absolute atomic E-state index is 0.692. The van der Waals surface area contributed by atoms with Gasteiger partial charge < -0.3 is 20.4 Å². The summed E-state index contributed by atoms with van der Waals surface area (Å²) < 4.78 is 0. The fourth-order valence-electron chi connectivity index (χ4n) is 4.43. The molecule has 5 nitrogen and oxygen atoms in total. The number of benzene rings is 1. The van der Waals surface area contributed by atoms with Crippen molar-refractivity contribution < 1.29 is 0 Å². The Balaban J connectivity index is 1.36. The van der Waals surface area contributed by atoms with Gasteiger partial charge in [-0.2, -0.15) is 0 Å². The minimum Gasteiger partial charge on any atom is -0.361 e. The third-order valence-electron chi connectivity index (χ3n) is 6.10. The Labute approximate surface area is 179 Å². The number of piperidine rings is 2. The molecule has 0 bridgehead atoms. The highest BCUT2D eigenvalue weighted by Crippen LogP contribution is 2.26. The molecule has 6 heteroatoms. The van der Waals surface area contributed by atoms with E-state index in [4.69, 9.17) is 17.2 Å². The van der Waals surface area contributed by atoms with E-state index in [1.165, 1.54) is 62.6 Å². The highest BCUT2D eigenvalue weighted by molar-refractivity contribution is 7.80. The second-order valence-electron chi connectivity index (χ2n) is 8.36. The van der Waals surface area contributed by atoms with E-state index in [0.29, 0.717) is 5.11 Å². The van der Waals surface area contributed by atoms with Crippen molar-refractivity contribution in [3.63, 3.8) is 0 Å². The summed E-state index contributed by atoms with van der Waals surface area (Å²) in [4.78, 5) is 9.86. The van der Waals surface area contributed by atoms with Crippen molar-refractivity contribution in [1.29, 1.82) is 0 Å². The molecule has 2 saturated heterocycles. The Morgan fingerprint density at radius 1 is 1.00 bits per heavy atom. The lowest BCUT2D eigenvalue weighted by Gasteiger charge is -2.28. The van der Waals surface area contributed by atoms with E-state index in [9.17, 15) is 0 Å². The van der Waals surface area contributed by atoms with Crippen molar-refractivity contribution in [2.45, 2.75) is 45.4 Å². The van der Waals surface area contributed by atoms with Gasteiger partial charge in [0.05, 0.1) is 5.52 Å². The smallest absolute Gasteiger partial charge is 0.170 e. The Kier molecular flexibility index (Phi) is 6.82. The first-order valence-corrected chi connectivity index (χ1v) is 11.5. The fraction of sp³-hybridized carbons (Fsp3) is 0.565. The first kappa shape index (κ1) is 20.4. The number of thiocarbonyl (C=S) groups is 1. The molecule has 1 aromatic carbocycles. The molecule has 1 aromatic heterocycles. The van der Waals surface area contributed by atoms with Crippen LogP contribution in [0.4, 0.5) is 11.5 Å². The van der Waals surface area contributed by atoms with Gasteiger partial charge >= 0.3 is 0 Å². The van der Waals surface area contributed by atoms with E-state index >= 15 is 0 Å². The van der Waals surface area contributed by atoms with Crippen molar-refractivity contribution in [3.8, 4) is 0 Å². The van der Waals surface area contributed by atoms with Crippen LogP contribution in [0.3, 0.4) is 0 Å². The van der Waals surface area contributed by atoms with Gasteiger partial charge in [-0.25, -0.2) is 4.98 Å². The number of rotatable bonds is 5. The average Bonchev–Trinajstić information content (AvgIpc) is 2.75. The van der Waals surface area contributed by atoms with E-state index in [0.717, 1.165) is 43.2 Å². The van der Waals surface area contributed by atoms with E-state index in [2.05, 4.69) is 51.6 Å². The van der Waals surface area contributed by atoms with Gasteiger partial charge in [0.1, 0.15) is 5.82 Å². The molecule has 2 aliphatic rings. The predicted octanol–water partition coefficient (Wildman–Crippen LogP) is 4.31. The van der Waals surface area contributed by atoms with Crippen molar-refractivity contribution in [1.82, 2.24) is 15.2 Å². The fourth-order valence-corrected chi connectivity index (χ4v) is 4.64. The molecule has 2 fully saturated rings. The van der Waals surface area contributed by atoms with Crippen LogP contribution in [-0.2, 0) is 0 Å². The third kappa shape index (κ3) is 5.37. The zero-order chi connectivity index (χ0) is 20.1. The number of aromatic nitrogens is 1. The normalized spacial score (nSPS) is 18.0. The summed E-state index contributed by atoms with van der Waals surface area (Å²) in [7, 11) is 0. The predicted molar refractivity (Wildman–Crippen MR) is 127 cm³/mol. The summed E-state index contributed by atoms with van der Waals surface area (Å²) in [6.45, 7) is 8.80. The molecule has 0 spiro atoms. The van der Waals surface area contributed by atoms with Crippen LogP contribution in [0.1, 0.15) is 44.1 Å². The highest BCUT2D eigenvalue weighted by atomic mass is 32.1. The SMILES string of the molecule is Cc1cc(N2CCCCC2)nc2ccc(NC(=S)NCCN3CCCCC3)cc12. The number of hydrogen-bond acceptors (Lipinski definition) is 4. The Bertz CT molecular complexity index is 841. The monoisotopic (exact) mass is 411 g/mol. The number of anilines is 2. The van der Waals surface area contributed by atoms with Crippen LogP contribution in [0.25, 0.3) is 10.9 Å². The summed E-state index contributed by atoms with van der Waals surface area (Å²) in [5, 5.41) is 8.57. The zero-order valence-electron chi connectivity index (χ0n) is 17.5. The van der Waals surface area contributed by atoms with Crippen LogP contribution in [0.2, 0.25) is 0 Å². The van der Waals surface area contributed by atoms with Gasteiger partial charge in [-0.05, 0) is 94.2 Å². The number of hydrogen-bond donors (Lipinski definition) is 2. The van der Waals surface area contributed by atoms with Crippen molar-refractivity contribution in [2.75, 3.05) is 49.5 Å². The lowest BCUT2D eigenvalue weighted by atomic mass is 10.1. The number of nitrogens with zero attached hydrogens (tertiary/aromatic N) is 3. The first-order chi connectivity index (χ1) is 14.2. The molecule has 3 heterocycles. The number of fused-ring (bicyclic) bond motifs is 1. The molecule has 4 rings (SSSR count). The number of pyridine rings is 1. The number of likely N-dealkylation sites (tertiary alicyclic amines) is 1. The van der Waals surface area contributed by atoms with Gasteiger partial charge in [-0.3, -0.25) is 0 Å². The Morgan fingerprint density at radius 3 is 2.48 bits per heavy atom. The molecule has 2 aromatic rings. The highest BCUT2D eigenvalue weighted by Gasteiger charge is 2.14. The van der Waals surface area contributed by atoms with Gasteiger partial charge in [0.15, 0.2) is 5.11 Å². The minimum atomic E-state index is 0.692. The van der Waals surface area contributed by atoms with Gasteiger partial charge in [-0.1, -0.05) is 6.42 Å². The summed E-state index contributed by atoms with van der Waals surface area (Å²) in [6, 6.07) is 8.57. The molecule has 2 aliphatic heterocycles. The Morgan fingerprint density at radius 2 is 1.72 bits per heavy atom. The quantitative estimate of drug-likeness (QED) is 0.715. The molecule has 29 heavy (non-hydrogen) atoms. The lowest BCUT2D eigenvalue weighted by Crippen LogP contribution is -2.39. The molecular formula is C23H33N5S. The molecule has 0 aliphatic carbocycles. The molecule has 0 radical (unpaired) electrons. The van der Waals surface area contributed by atoms with Crippen LogP contribution >= 0.6 is 12.2 Å². The maximum absolute atomic E-state index is 5.50. The van der Waals surface area contributed by atoms with E-state index in [-0.39, 0.29) is 0 Å². The summed E-state index contributed by atoms with van der Waals surface area (Å²) in [5.74, 6) is 1.12. The van der Waals surface area contributed by atoms with E-state index in [1.54, 1.807) is 0 Å². The molecule has 0 saturated carbocycles. The van der Waals surface area contributed by atoms with Gasteiger partial charge in [0.2, 0.25) is 0 Å². The average molecular weight is 412 g/mol. The molecular weight excluding hydrogens is 378 g/mol. The maximum atomic E-state index is 5.50. The molecule has 0 amide bonds. The topological polar surface area (TPSA) is 43.4 Å². The van der Waals surface area contributed by atoms with Crippen LogP contribution < -0.4 is 15.5 Å². The van der Waals surface area contributed by atoms with Crippen molar-refractivity contribution >= 4 is 39.7 Å². The van der Waals surface area contributed by atoms with Crippen LogP contribution in [0, 0.1) is 6.92 Å². The zero-order valence-corrected chi connectivity index (χ0v) is 18.4. The largest absolute Gasteiger partial charge is 0.361 e. The van der Waals surface area contributed by atoms with Gasteiger partial charge in [0.25, 0.3) is 0 Å². The van der Waals surface area contributed by atoms with Gasteiger partial charge in [0, 0.05) is 37.3 Å². The Hall–Kier alpha value is -1.92. The van der Waals surface area contributed by atoms with Gasteiger partial charge in [-0.15, -0.1) is 0 Å². The second-order valence-corrected chi connectivity index (χ2v) is 8.77. The van der Waals surface area contributed by atoms with E-state index in [1.807, 2.05) is 0 Å². The third-order valence-corrected chi connectivity index (χ3v) is 6.35. The molecule has 2 N–H and O–H groups in total. The van der Waals surface area contributed by atoms with Crippen molar-refractivity contribution in [3.05, 3.63) is 29.8 Å². The molecule has 0 atom stereocenters. The standard InChI is InChI=1S/C23H33N5S/c1-18-16-22(28-13-6-3-7-14-28)26-21-9-8-19(17-20(18)21)25-23(29)24-10-15-27-11-4-2-5-12-27/h8-9,16-17H,2-7,10-15H2,1H3,(H2,24,25,29). The van der Waals surface area contributed by atoms with Crippen molar-refractivity contribution in [2.24, 2.45) is 0 Å².